The van der Waals surface area contributed by atoms with E-state index in [0.717, 1.165) is 42.9 Å². The van der Waals surface area contributed by atoms with Crippen molar-refractivity contribution in [1.82, 2.24) is 24.4 Å². The Balaban J connectivity index is 1.39. The van der Waals surface area contributed by atoms with Gasteiger partial charge in [0.25, 0.3) is 0 Å². The minimum Gasteiger partial charge on any atom is -0.480 e. The summed E-state index contributed by atoms with van der Waals surface area (Å²) in [6.07, 6.45) is 7.73. The summed E-state index contributed by atoms with van der Waals surface area (Å²) in [7, 11) is 0. The Labute approximate surface area is 146 Å². The molecule has 0 spiro atoms. The molecule has 0 amide bonds. The number of rotatable bonds is 8. The molecule has 2 fully saturated rings. The number of carbonyl (C=O) groups is 1. The Kier molecular flexibility index (Phi) is 4.29. The number of hydrogen-bond donors (Lipinski definition) is 2. The summed E-state index contributed by atoms with van der Waals surface area (Å²) in [5, 5.41) is 12.6. The van der Waals surface area contributed by atoms with Gasteiger partial charge in [0.1, 0.15) is 11.8 Å². The van der Waals surface area contributed by atoms with Crippen molar-refractivity contribution < 1.29 is 9.90 Å². The van der Waals surface area contributed by atoms with Gasteiger partial charge in [0, 0.05) is 25.2 Å². The molecule has 8 heteroatoms. The molecule has 2 heterocycles. The molecule has 0 saturated heterocycles. The number of anilines is 1. The molecule has 0 unspecified atom stereocenters. The quantitative estimate of drug-likeness (QED) is 0.750. The normalized spacial score (nSPS) is 23.0. The van der Waals surface area contributed by atoms with Crippen LogP contribution in [-0.4, -0.2) is 60.7 Å². The maximum atomic E-state index is 11.1. The van der Waals surface area contributed by atoms with Crippen LogP contribution in [0.15, 0.2) is 12.7 Å². The van der Waals surface area contributed by atoms with E-state index in [4.69, 9.17) is 5.11 Å². The second-order valence-electron chi connectivity index (χ2n) is 7.16. The number of carboxylic acids is 1. The van der Waals surface area contributed by atoms with Crippen LogP contribution in [0, 0.1) is 5.92 Å². The van der Waals surface area contributed by atoms with Crippen molar-refractivity contribution in [1.29, 1.82) is 0 Å². The average Bonchev–Trinajstić information content (AvgIpc) is 3.25. The highest BCUT2D eigenvalue weighted by Crippen LogP contribution is 2.35. The minimum atomic E-state index is -0.736. The smallest absolute Gasteiger partial charge is 0.317 e. The summed E-state index contributed by atoms with van der Waals surface area (Å²) < 4.78 is 2.00. The number of aromatic nitrogens is 4. The summed E-state index contributed by atoms with van der Waals surface area (Å²) in [4.78, 5) is 26.4. The van der Waals surface area contributed by atoms with Crippen LogP contribution < -0.4 is 5.32 Å². The van der Waals surface area contributed by atoms with Crippen LogP contribution in [0.3, 0.4) is 0 Å². The van der Waals surface area contributed by atoms with Crippen molar-refractivity contribution in [3.05, 3.63) is 12.7 Å². The first-order chi connectivity index (χ1) is 12.1. The predicted octanol–water partition coefficient (Wildman–Crippen LogP) is 1.59. The van der Waals surface area contributed by atoms with Crippen molar-refractivity contribution >= 4 is 23.0 Å². The zero-order valence-corrected chi connectivity index (χ0v) is 14.4. The molecule has 134 valence electrons. The van der Waals surface area contributed by atoms with E-state index in [-0.39, 0.29) is 6.54 Å². The zero-order valence-electron chi connectivity index (χ0n) is 14.4. The van der Waals surface area contributed by atoms with Gasteiger partial charge in [-0.2, -0.15) is 0 Å². The van der Waals surface area contributed by atoms with E-state index in [9.17, 15) is 4.79 Å². The van der Waals surface area contributed by atoms with E-state index in [1.165, 1.54) is 12.8 Å². The highest BCUT2D eigenvalue weighted by molar-refractivity contribution is 5.82. The number of nitrogens with zero attached hydrogens (tertiary/aromatic N) is 5. The van der Waals surface area contributed by atoms with Crippen molar-refractivity contribution in [2.45, 2.75) is 51.2 Å². The number of fused-ring (bicyclic) bond motifs is 1. The zero-order chi connectivity index (χ0) is 17.4. The molecule has 2 N–H and O–H groups in total. The van der Waals surface area contributed by atoms with E-state index in [1.54, 1.807) is 12.7 Å². The summed E-state index contributed by atoms with van der Waals surface area (Å²) in [6, 6.07) is 0.658. The average molecular weight is 344 g/mol. The second kappa shape index (κ2) is 6.59. The lowest BCUT2D eigenvalue weighted by atomic mass is 9.85. The third kappa shape index (κ3) is 3.44. The van der Waals surface area contributed by atoms with E-state index in [2.05, 4.69) is 32.1 Å². The van der Waals surface area contributed by atoms with Gasteiger partial charge >= 0.3 is 5.97 Å². The number of nitrogens with one attached hydrogen (secondary N) is 1. The standard InChI is InChI=1S/C17H24N6O2/c1-2-22-10-20-15-16(18-9-19-17(15)22)21-12-5-13(6-12)23(8-14(24)25)7-11-3-4-11/h9-13H,2-8H2,1H3,(H,24,25)(H,18,19,21). The van der Waals surface area contributed by atoms with Crippen molar-refractivity contribution in [3.8, 4) is 0 Å². The lowest BCUT2D eigenvalue weighted by molar-refractivity contribution is -0.139. The van der Waals surface area contributed by atoms with Gasteiger partial charge in [-0.15, -0.1) is 0 Å². The largest absolute Gasteiger partial charge is 0.480 e. The lowest BCUT2D eigenvalue weighted by Gasteiger charge is -2.43. The lowest BCUT2D eigenvalue weighted by Crippen LogP contribution is -2.52. The van der Waals surface area contributed by atoms with Gasteiger partial charge in [-0.05, 0) is 38.5 Å². The molecule has 0 atom stereocenters. The molecule has 2 aromatic heterocycles. The van der Waals surface area contributed by atoms with Gasteiger partial charge in [0.05, 0.1) is 12.9 Å². The minimum absolute atomic E-state index is 0.145. The summed E-state index contributed by atoms with van der Waals surface area (Å²) in [6.45, 7) is 3.95. The fourth-order valence-corrected chi connectivity index (χ4v) is 3.56. The van der Waals surface area contributed by atoms with Crippen LogP contribution >= 0.6 is 0 Å². The third-order valence-corrected chi connectivity index (χ3v) is 5.24. The van der Waals surface area contributed by atoms with Gasteiger partial charge < -0.3 is 15.0 Å². The van der Waals surface area contributed by atoms with Crippen molar-refractivity contribution in [2.24, 2.45) is 5.92 Å². The number of carboxylic acid groups (broad SMARTS) is 1. The molecule has 2 aliphatic carbocycles. The van der Waals surface area contributed by atoms with Crippen molar-refractivity contribution in [3.63, 3.8) is 0 Å². The van der Waals surface area contributed by atoms with Crippen LogP contribution in [0.1, 0.15) is 32.6 Å². The number of aryl methyl sites for hydroxylation is 1. The first kappa shape index (κ1) is 16.3. The van der Waals surface area contributed by atoms with E-state index >= 15 is 0 Å². The molecular weight excluding hydrogens is 320 g/mol. The SMILES string of the molecule is CCn1cnc2c(NC3CC(N(CC(=O)O)CC4CC4)C3)ncnc21. The number of hydrogen-bond acceptors (Lipinski definition) is 6. The number of aliphatic carboxylic acids is 1. The maximum Gasteiger partial charge on any atom is 0.317 e. The van der Waals surface area contributed by atoms with Crippen LogP contribution in [0.5, 0.6) is 0 Å². The Bertz CT molecular complexity index is 766. The van der Waals surface area contributed by atoms with Gasteiger partial charge in [0.15, 0.2) is 11.5 Å². The van der Waals surface area contributed by atoms with Gasteiger partial charge in [0.2, 0.25) is 0 Å². The van der Waals surface area contributed by atoms with E-state index < -0.39 is 5.97 Å². The van der Waals surface area contributed by atoms with Crippen molar-refractivity contribution in [2.75, 3.05) is 18.4 Å². The fraction of sp³-hybridized carbons (Fsp3) is 0.647. The van der Waals surface area contributed by atoms with E-state index in [1.807, 2.05) is 4.57 Å². The molecule has 0 bridgehead atoms. The Hall–Kier alpha value is -2.22. The highest BCUT2D eigenvalue weighted by atomic mass is 16.4. The number of imidazole rings is 1. The first-order valence-corrected chi connectivity index (χ1v) is 9.02. The topological polar surface area (TPSA) is 96.2 Å². The molecular formula is C17H24N6O2. The Morgan fingerprint density at radius 3 is 2.84 bits per heavy atom. The first-order valence-electron chi connectivity index (χ1n) is 9.02. The fourth-order valence-electron chi connectivity index (χ4n) is 3.56. The van der Waals surface area contributed by atoms with Gasteiger partial charge in [-0.3, -0.25) is 9.69 Å². The molecule has 2 aromatic rings. The predicted molar refractivity (Wildman–Crippen MR) is 93.4 cm³/mol. The van der Waals surface area contributed by atoms with Crippen LogP contribution in [0.25, 0.3) is 11.2 Å². The highest BCUT2D eigenvalue weighted by Gasteiger charge is 2.37. The molecule has 2 saturated carbocycles. The molecule has 8 nitrogen and oxygen atoms in total. The molecule has 4 rings (SSSR count). The Morgan fingerprint density at radius 2 is 2.16 bits per heavy atom. The summed E-state index contributed by atoms with van der Waals surface area (Å²) in [5.74, 6) is 0.734. The summed E-state index contributed by atoms with van der Waals surface area (Å²) >= 11 is 0. The third-order valence-electron chi connectivity index (χ3n) is 5.24. The van der Waals surface area contributed by atoms with Crippen LogP contribution in [-0.2, 0) is 11.3 Å². The second-order valence-corrected chi connectivity index (χ2v) is 7.16. The van der Waals surface area contributed by atoms with E-state index in [0.29, 0.717) is 18.0 Å². The van der Waals surface area contributed by atoms with Crippen LogP contribution in [0.2, 0.25) is 0 Å². The molecule has 2 aliphatic rings. The van der Waals surface area contributed by atoms with Crippen LogP contribution in [0.4, 0.5) is 5.82 Å². The summed E-state index contributed by atoms with van der Waals surface area (Å²) in [5.41, 5.74) is 1.64. The monoisotopic (exact) mass is 344 g/mol. The molecule has 25 heavy (non-hydrogen) atoms. The molecule has 0 aliphatic heterocycles. The van der Waals surface area contributed by atoms with Gasteiger partial charge in [-0.1, -0.05) is 0 Å². The van der Waals surface area contributed by atoms with Gasteiger partial charge in [-0.25, -0.2) is 15.0 Å². The molecule has 0 aromatic carbocycles. The Morgan fingerprint density at radius 1 is 1.36 bits per heavy atom. The maximum absolute atomic E-state index is 11.1. The molecule has 0 radical (unpaired) electrons.